The Bertz CT molecular complexity index is 1830. The molecule has 1 aliphatic heterocycles. The molecule has 12 heteroatoms. The summed E-state index contributed by atoms with van der Waals surface area (Å²) in [6.07, 6.45) is 3.10. The van der Waals surface area contributed by atoms with Crippen LogP contribution in [0.1, 0.15) is 66.1 Å². The normalized spacial score (nSPS) is 15.4. The summed E-state index contributed by atoms with van der Waals surface area (Å²) < 4.78 is 0. The molecule has 2 heterocycles. The number of carboxylic acids is 1. The number of carbonyl (C=O) groups excluding carboxylic acids is 2. The van der Waals surface area contributed by atoms with E-state index < -0.39 is 28.6 Å². The maximum absolute atomic E-state index is 12.9. The van der Waals surface area contributed by atoms with Gasteiger partial charge in [-0.3, -0.25) is 19.2 Å². The molecular formula is C29H24N6O6. The van der Waals surface area contributed by atoms with Crippen molar-refractivity contribution < 1.29 is 19.5 Å². The molecule has 3 aromatic carbocycles. The molecule has 206 valence electrons. The van der Waals surface area contributed by atoms with Crippen LogP contribution in [0.2, 0.25) is 0 Å². The van der Waals surface area contributed by atoms with E-state index in [-0.39, 0.29) is 40.9 Å². The van der Waals surface area contributed by atoms with Crippen LogP contribution < -0.4 is 32.1 Å². The number of hydrogen-bond acceptors (Lipinski definition) is 9. The van der Waals surface area contributed by atoms with Gasteiger partial charge in [0.1, 0.15) is 29.1 Å². The molecule has 0 unspecified atom stereocenters. The van der Waals surface area contributed by atoms with Crippen LogP contribution in [0.5, 0.6) is 0 Å². The molecule has 1 atom stereocenters. The molecular weight excluding hydrogens is 528 g/mol. The molecule has 0 fully saturated rings. The Morgan fingerprint density at radius 3 is 2.49 bits per heavy atom. The topological polar surface area (TPSA) is 185 Å². The number of amides is 2. The largest absolute Gasteiger partial charge is 0.478 e. The maximum atomic E-state index is 12.9. The van der Waals surface area contributed by atoms with Gasteiger partial charge in [-0.25, -0.2) is 14.8 Å². The summed E-state index contributed by atoms with van der Waals surface area (Å²) in [5.41, 5.74) is 9.19. The lowest BCUT2D eigenvalue weighted by Gasteiger charge is -2.22. The van der Waals surface area contributed by atoms with E-state index in [0.29, 0.717) is 25.8 Å². The van der Waals surface area contributed by atoms with E-state index in [0.717, 1.165) is 34.3 Å². The highest BCUT2D eigenvalue weighted by Gasteiger charge is 2.30. The van der Waals surface area contributed by atoms with Gasteiger partial charge in [0, 0.05) is 24.8 Å². The molecule has 5 N–H and O–H groups in total. The van der Waals surface area contributed by atoms with Gasteiger partial charge in [-0.15, -0.1) is 0 Å². The zero-order valence-corrected chi connectivity index (χ0v) is 21.6. The SMILES string of the molecule is Nc1c(N2CCc3ccc(CNC(=O)c4cc(C(=O)N[C@H]5CCc6cc(C(=O)O)ccc65)ncn4)cc32)c(=O)c1=O. The number of hydrogen-bond donors (Lipinski definition) is 4. The molecule has 0 saturated heterocycles. The lowest BCUT2D eigenvalue weighted by molar-refractivity contribution is 0.0696. The molecule has 6 rings (SSSR count). The number of aromatic nitrogens is 2. The summed E-state index contributed by atoms with van der Waals surface area (Å²) in [6, 6.07) is 11.5. The molecule has 0 bridgehead atoms. The van der Waals surface area contributed by atoms with Gasteiger partial charge in [0.15, 0.2) is 0 Å². The number of fused-ring (bicyclic) bond motifs is 2. The fraction of sp³-hybridized carbons (Fsp3) is 0.207. The Balaban J connectivity index is 1.11. The predicted octanol–water partition coefficient (Wildman–Crippen LogP) is 1.39. The molecule has 1 aromatic heterocycles. The number of benzene rings is 2. The number of carboxylic acid groups (broad SMARTS) is 1. The van der Waals surface area contributed by atoms with Crippen LogP contribution in [-0.2, 0) is 19.4 Å². The van der Waals surface area contributed by atoms with Crippen LogP contribution in [0.25, 0.3) is 0 Å². The Kier molecular flexibility index (Phi) is 6.29. The summed E-state index contributed by atoms with van der Waals surface area (Å²) >= 11 is 0. The molecule has 12 nitrogen and oxygen atoms in total. The number of carbonyl (C=O) groups is 3. The third-order valence-electron chi connectivity index (χ3n) is 7.59. The summed E-state index contributed by atoms with van der Waals surface area (Å²) in [5, 5.41) is 14.9. The standard InChI is InChI=1S/C29H24N6O6/c30-23-24(26(37)25(23)36)35-8-7-15-2-1-14(9-22(15)35)12-31-27(38)20-11-21(33-13-32-20)28(39)34-19-6-4-16-10-17(29(40)41)3-5-18(16)19/h1-3,5,9-11,13,19H,4,6-8,12,30H2,(H,31,38)(H,34,39)(H,40,41)/t19-/m0/s1. The van der Waals surface area contributed by atoms with Crippen LogP contribution in [0.3, 0.4) is 0 Å². The van der Waals surface area contributed by atoms with E-state index in [1.165, 1.54) is 12.1 Å². The highest BCUT2D eigenvalue weighted by atomic mass is 16.4. The van der Waals surface area contributed by atoms with Crippen LogP contribution in [0.15, 0.2) is 58.4 Å². The molecule has 4 aromatic rings. The van der Waals surface area contributed by atoms with Crippen molar-refractivity contribution >= 4 is 34.8 Å². The van der Waals surface area contributed by atoms with Crippen molar-refractivity contribution in [2.75, 3.05) is 17.2 Å². The average Bonchev–Trinajstić information content (AvgIpc) is 3.59. The van der Waals surface area contributed by atoms with E-state index >= 15 is 0 Å². The van der Waals surface area contributed by atoms with Gasteiger partial charge in [0.25, 0.3) is 22.7 Å². The van der Waals surface area contributed by atoms with E-state index in [4.69, 9.17) is 5.73 Å². The van der Waals surface area contributed by atoms with Crippen molar-refractivity contribution in [3.8, 4) is 0 Å². The second-order valence-electron chi connectivity index (χ2n) is 10.0. The number of aryl methyl sites for hydroxylation is 1. The predicted molar refractivity (Wildman–Crippen MR) is 148 cm³/mol. The van der Waals surface area contributed by atoms with Gasteiger partial charge in [-0.1, -0.05) is 18.2 Å². The third-order valence-corrected chi connectivity index (χ3v) is 7.59. The number of nitrogens with zero attached hydrogens (tertiary/aromatic N) is 3. The summed E-state index contributed by atoms with van der Waals surface area (Å²) in [6.45, 7) is 0.686. The number of nitrogens with one attached hydrogen (secondary N) is 2. The van der Waals surface area contributed by atoms with Gasteiger partial charge in [-0.05, 0) is 59.7 Å². The third kappa shape index (κ3) is 4.58. The average molecular weight is 553 g/mol. The van der Waals surface area contributed by atoms with Crippen LogP contribution in [0.4, 0.5) is 17.1 Å². The minimum atomic E-state index is -1.00. The van der Waals surface area contributed by atoms with Crippen molar-refractivity contribution in [3.05, 3.63) is 108 Å². The zero-order chi connectivity index (χ0) is 28.8. The fourth-order valence-corrected chi connectivity index (χ4v) is 5.44. The lowest BCUT2D eigenvalue weighted by Crippen LogP contribution is -2.40. The molecule has 0 spiro atoms. The number of nitrogen functional groups attached to an aromatic ring is 1. The second kappa shape index (κ2) is 9.97. The van der Waals surface area contributed by atoms with Gasteiger partial charge < -0.3 is 26.4 Å². The highest BCUT2D eigenvalue weighted by Crippen LogP contribution is 2.36. The van der Waals surface area contributed by atoms with Crippen molar-refractivity contribution in [2.45, 2.75) is 31.8 Å². The molecule has 0 radical (unpaired) electrons. The van der Waals surface area contributed by atoms with Crippen LogP contribution in [0, 0.1) is 0 Å². The first kappa shape index (κ1) is 25.9. The Hall–Kier alpha value is -5.39. The summed E-state index contributed by atoms with van der Waals surface area (Å²) in [5.74, 6) is -1.98. The van der Waals surface area contributed by atoms with Crippen LogP contribution in [-0.4, -0.2) is 39.4 Å². The quantitative estimate of drug-likeness (QED) is 0.244. The smallest absolute Gasteiger partial charge is 0.335 e. The number of aromatic carboxylic acids is 1. The monoisotopic (exact) mass is 552 g/mol. The fourth-order valence-electron chi connectivity index (χ4n) is 5.44. The molecule has 2 aliphatic rings. The Labute approximate surface area is 232 Å². The molecule has 1 aliphatic carbocycles. The second-order valence-corrected chi connectivity index (χ2v) is 10.0. The Morgan fingerprint density at radius 2 is 1.73 bits per heavy atom. The van der Waals surface area contributed by atoms with Gasteiger partial charge in [0.05, 0.1) is 11.6 Å². The van der Waals surface area contributed by atoms with Crippen molar-refractivity contribution in [2.24, 2.45) is 0 Å². The maximum Gasteiger partial charge on any atom is 0.335 e. The minimum Gasteiger partial charge on any atom is -0.478 e. The summed E-state index contributed by atoms with van der Waals surface area (Å²) in [4.78, 5) is 70.5. The molecule has 2 amide bonds. The highest BCUT2D eigenvalue weighted by molar-refractivity contribution is 5.97. The Morgan fingerprint density at radius 1 is 0.951 bits per heavy atom. The van der Waals surface area contributed by atoms with Crippen LogP contribution >= 0.6 is 0 Å². The van der Waals surface area contributed by atoms with E-state index in [2.05, 4.69) is 20.6 Å². The van der Waals surface area contributed by atoms with E-state index in [1.54, 1.807) is 17.0 Å². The number of nitrogens with two attached hydrogens (primary N) is 1. The van der Waals surface area contributed by atoms with Gasteiger partial charge in [-0.2, -0.15) is 0 Å². The van der Waals surface area contributed by atoms with Crippen molar-refractivity contribution in [1.29, 1.82) is 0 Å². The molecule has 41 heavy (non-hydrogen) atoms. The number of anilines is 3. The van der Waals surface area contributed by atoms with E-state index in [9.17, 15) is 29.1 Å². The lowest BCUT2D eigenvalue weighted by atomic mass is 10.0. The van der Waals surface area contributed by atoms with Gasteiger partial charge in [0.2, 0.25) is 0 Å². The zero-order valence-electron chi connectivity index (χ0n) is 21.6. The van der Waals surface area contributed by atoms with Crippen molar-refractivity contribution in [1.82, 2.24) is 20.6 Å². The first-order valence-electron chi connectivity index (χ1n) is 13.0. The first-order chi connectivity index (χ1) is 19.7. The van der Waals surface area contributed by atoms with Crippen molar-refractivity contribution in [3.63, 3.8) is 0 Å². The summed E-state index contributed by atoms with van der Waals surface area (Å²) in [7, 11) is 0. The van der Waals surface area contributed by atoms with Gasteiger partial charge >= 0.3 is 5.97 Å². The first-order valence-corrected chi connectivity index (χ1v) is 13.0. The molecule has 0 saturated carbocycles. The van der Waals surface area contributed by atoms with E-state index in [1.807, 2.05) is 18.2 Å². The number of rotatable bonds is 7. The minimum absolute atomic E-state index is 0.0161.